The van der Waals surface area contributed by atoms with Gasteiger partial charge in [0, 0.05) is 36.3 Å². The molecule has 0 spiro atoms. The average Bonchev–Trinajstić information content (AvgIpc) is 3.31. The summed E-state index contributed by atoms with van der Waals surface area (Å²) in [5.41, 5.74) is 3.10. The SMILES string of the molecule is C/C=C\C(=O)CN(C)c1nc(OC[C@@H]2CCCN2C)nc2c1CCN(c1cccc3cccc(Cl)c13)C2. The molecule has 3 aromatic rings. The first-order chi connectivity index (χ1) is 17.9. The highest BCUT2D eigenvalue weighted by Crippen LogP contribution is 2.36. The number of ether oxygens (including phenoxy) is 1. The molecule has 2 aliphatic heterocycles. The highest BCUT2D eigenvalue weighted by atomic mass is 35.5. The number of nitrogens with zero attached hydrogens (tertiary/aromatic N) is 5. The molecule has 8 heteroatoms. The molecule has 0 bridgehead atoms. The number of hydrogen-bond acceptors (Lipinski definition) is 7. The van der Waals surface area contributed by atoms with E-state index in [-0.39, 0.29) is 12.3 Å². The molecular formula is C29H34ClN5O2. The summed E-state index contributed by atoms with van der Waals surface area (Å²) >= 11 is 6.64. The lowest BCUT2D eigenvalue weighted by atomic mass is 10.0. The number of benzene rings is 2. The third kappa shape index (κ3) is 5.43. The van der Waals surface area contributed by atoms with Crippen molar-refractivity contribution in [3.8, 4) is 6.01 Å². The van der Waals surface area contributed by atoms with E-state index in [4.69, 9.17) is 26.3 Å². The number of likely N-dealkylation sites (N-methyl/N-ethyl adjacent to an activating group) is 2. The molecule has 0 amide bonds. The van der Waals surface area contributed by atoms with Crippen LogP contribution in [0.25, 0.3) is 10.8 Å². The number of allylic oxidation sites excluding steroid dienone is 1. The van der Waals surface area contributed by atoms with E-state index in [1.54, 1.807) is 12.2 Å². The molecule has 0 saturated carbocycles. The number of anilines is 2. The lowest BCUT2D eigenvalue weighted by Crippen LogP contribution is -2.35. The van der Waals surface area contributed by atoms with Gasteiger partial charge in [0.25, 0.3) is 0 Å². The maximum Gasteiger partial charge on any atom is 0.318 e. The second-order valence-corrected chi connectivity index (χ2v) is 10.4. The van der Waals surface area contributed by atoms with Gasteiger partial charge in [-0.2, -0.15) is 9.97 Å². The van der Waals surface area contributed by atoms with Crippen LogP contribution in [-0.4, -0.2) is 67.0 Å². The van der Waals surface area contributed by atoms with Crippen LogP contribution in [0.4, 0.5) is 11.5 Å². The van der Waals surface area contributed by atoms with E-state index in [9.17, 15) is 4.79 Å². The van der Waals surface area contributed by atoms with Gasteiger partial charge in [0.05, 0.1) is 23.8 Å². The molecule has 0 radical (unpaired) electrons. The molecule has 0 N–H and O–H groups in total. The molecule has 0 aliphatic carbocycles. The quantitative estimate of drug-likeness (QED) is 0.392. The Morgan fingerprint density at radius 3 is 2.78 bits per heavy atom. The number of carbonyl (C=O) groups excluding carboxylic acids is 1. The maximum absolute atomic E-state index is 12.4. The topological polar surface area (TPSA) is 61.8 Å². The Balaban J connectivity index is 1.48. The fourth-order valence-electron chi connectivity index (χ4n) is 5.42. The summed E-state index contributed by atoms with van der Waals surface area (Å²) in [4.78, 5) is 28.6. The first kappa shape index (κ1) is 25.5. The standard InChI is InChI=1S/C29H34ClN5O2/c1-4-8-22(36)17-34(3)28-23-14-16-35(26-13-6-10-20-9-5-12-24(30)27(20)26)18-25(23)31-29(32-28)37-19-21-11-7-15-33(21)2/h4-6,8-10,12-13,21H,7,11,14-19H2,1-3H3/b8-4-/t21-/m0/s1. The Kier molecular flexibility index (Phi) is 7.63. The molecule has 5 rings (SSSR count). The number of hydrogen-bond donors (Lipinski definition) is 0. The van der Waals surface area contributed by atoms with Crippen molar-refractivity contribution in [2.45, 2.75) is 38.8 Å². The zero-order valence-corrected chi connectivity index (χ0v) is 22.5. The van der Waals surface area contributed by atoms with E-state index in [1.807, 2.05) is 31.0 Å². The molecule has 37 heavy (non-hydrogen) atoms. The summed E-state index contributed by atoms with van der Waals surface area (Å²) in [6, 6.07) is 13.0. The number of likely N-dealkylation sites (tertiary alicyclic amines) is 1. The lowest BCUT2D eigenvalue weighted by Gasteiger charge is -2.33. The largest absolute Gasteiger partial charge is 0.462 e. The molecule has 1 fully saturated rings. The number of halogens is 1. The van der Waals surface area contributed by atoms with Crippen LogP contribution >= 0.6 is 11.6 Å². The zero-order valence-electron chi connectivity index (χ0n) is 21.8. The van der Waals surface area contributed by atoms with Gasteiger partial charge in [0.2, 0.25) is 0 Å². The van der Waals surface area contributed by atoms with Crippen molar-refractivity contribution in [3.63, 3.8) is 0 Å². The minimum Gasteiger partial charge on any atom is -0.462 e. The lowest BCUT2D eigenvalue weighted by molar-refractivity contribution is -0.113. The predicted octanol–water partition coefficient (Wildman–Crippen LogP) is 4.90. The van der Waals surface area contributed by atoms with E-state index in [2.05, 4.69) is 41.1 Å². The van der Waals surface area contributed by atoms with Gasteiger partial charge in [-0.25, -0.2) is 0 Å². The zero-order chi connectivity index (χ0) is 25.9. The summed E-state index contributed by atoms with van der Waals surface area (Å²) in [5, 5.41) is 2.92. The highest BCUT2D eigenvalue weighted by Gasteiger charge is 2.27. The van der Waals surface area contributed by atoms with Crippen LogP contribution in [0, 0.1) is 0 Å². The highest BCUT2D eigenvalue weighted by molar-refractivity contribution is 6.36. The second-order valence-electron chi connectivity index (χ2n) is 9.95. The van der Waals surface area contributed by atoms with E-state index in [0.29, 0.717) is 25.2 Å². The van der Waals surface area contributed by atoms with Crippen LogP contribution in [0.2, 0.25) is 5.02 Å². The van der Waals surface area contributed by atoms with Crippen LogP contribution in [0.3, 0.4) is 0 Å². The van der Waals surface area contributed by atoms with Gasteiger partial charge in [-0.3, -0.25) is 4.79 Å². The Bertz CT molecular complexity index is 1320. The summed E-state index contributed by atoms with van der Waals surface area (Å²) in [6.07, 6.45) is 6.43. The monoisotopic (exact) mass is 519 g/mol. The molecule has 1 aromatic heterocycles. The summed E-state index contributed by atoms with van der Waals surface area (Å²) < 4.78 is 6.17. The summed E-state index contributed by atoms with van der Waals surface area (Å²) in [7, 11) is 4.05. The molecule has 2 aromatic carbocycles. The summed E-state index contributed by atoms with van der Waals surface area (Å²) in [6.45, 7) is 5.16. The fraction of sp³-hybridized carbons (Fsp3) is 0.414. The van der Waals surface area contributed by atoms with Crippen LogP contribution < -0.4 is 14.5 Å². The Hall–Kier alpha value is -3.16. The number of fused-ring (bicyclic) bond motifs is 2. The van der Waals surface area contributed by atoms with E-state index in [0.717, 1.165) is 64.5 Å². The predicted molar refractivity (Wildman–Crippen MR) is 150 cm³/mol. The van der Waals surface area contributed by atoms with Gasteiger partial charge in [-0.15, -0.1) is 0 Å². The van der Waals surface area contributed by atoms with Crippen LogP contribution in [0.15, 0.2) is 48.6 Å². The van der Waals surface area contributed by atoms with Crippen molar-refractivity contribution in [2.24, 2.45) is 0 Å². The molecule has 7 nitrogen and oxygen atoms in total. The average molecular weight is 520 g/mol. The molecule has 1 saturated heterocycles. The molecule has 2 aliphatic rings. The van der Waals surface area contributed by atoms with Crippen molar-refractivity contribution >= 4 is 39.7 Å². The summed E-state index contributed by atoms with van der Waals surface area (Å²) in [5.74, 6) is 0.809. The third-order valence-corrected chi connectivity index (χ3v) is 7.69. The van der Waals surface area contributed by atoms with Crippen molar-refractivity contribution in [1.29, 1.82) is 0 Å². The van der Waals surface area contributed by atoms with Crippen LogP contribution in [0.5, 0.6) is 6.01 Å². The van der Waals surface area contributed by atoms with Gasteiger partial charge in [-0.05, 0) is 63.4 Å². The van der Waals surface area contributed by atoms with E-state index >= 15 is 0 Å². The second kappa shape index (κ2) is 11.1. The van der Waals surface area contributed by atoms with Gasteiger partial charge < -0.3 is 19.4 Å². The molecule has 0 unspecified atom stereocenters. The Morgan fingerprint density at radius 2 is 2.03 bits per heavy atom. The third-order valence-electron chi connectivity index (χ3n) is 7.38. The number of aromatic nitrogens is 2. The van der Waals surface area contributed by atoms with Crippen LogP contribution in [-0.2, 0) is 17.8 Å². The van der Waals surface area contributed by atoms with E-state index < -0.39 is 0 Å². The van der Waals surface area contributed by atoms with Gasteiger partial charge in [0.15, 0.2) is 5.78 Å². The smallest absolute Gasteiger partial charge is 0.318 e. The van der Waals surface area contributed by atoms with Crippen molar-refractivity contribution < 1.29 is 9.53 Å². The minimum absolute atomic E-state index is 0.0373. The first-order valence-corrected chi connectivity index (χ1v) is 13.3. The Morgan fingerprint density at radius 1 is 1.22 bits per heavy atom. The molecule has 3 heterocycles. The van der Waals surface area contributed by atoms with Crippen LogP contribution in [0.1, 0.15) is 31.0 Å². The minimum atomic E-state index is 0.0373. The normalized spacial score (nSPS) is 17.9. The molecular weight excluding hydrogens is 486 g/mol. The number of rotatable bonds is 8. The van der Waals surface area contributed by atoms with Crippen molar-refractivity contribution in [3.05, 3.63) is 64.8 Å². The molecule has 1 atom stereocenters. The van der Waals surface area contributed by atoms with Crippen molar-refractivity contribution in [1.82, 2.24) is 14.9 Å². The van der Waals surface area contributed by atoms with Gasteiger partial charge in [0.1, 0.15) is 12.4 Å². The van der Waals surface area contributed by atoms with E-state index in [1.165, 1.54) is 6.42 Å². The molecule has 194 valence electrons. The maximum atomic E-state index is 12.4. The number of carbonyl (C=O) groups is 1. The fourth-order valence-corrected chi connectivity index (χ4v) is 5.70. The van der Waals surface area contributed by atoms with Gasteiger partial charge in [-0.1, -0.05) is 41.9 Å². The van der Waals surface area contributed by atoms with Crippen molar-refractivity contribution in [2.75, 3.05) is 50.1 Å². The Labute approximate surface area is 223 Å². The van der Waals surface area contributed by atoms with Gasteiger partial charge >= 0.3 is 6.01 Å². The number of ketones is 1. The first-order valence-electron chi connectivity index (χ1n) is 13.0.